The molecule has 0 radical (unpaired) electrons. The van der Waals surface area contributed by atoms with Gasteiger partial charge in [-0.05, 0) is 12.1 Å². The van der Waals surface area contributed by atoms with Crippen LogP contribution in [-0.4, -0.2) is 15.9 Å². The van der Waals surface area contributed by atoms with Gasteiger partial charge in [-0.2, -0.15) is 0 Å². The first-order chi connectivity index (χ1) is 7.36. The lowest BCUT2D eigenvalue weighted by Gasteiger charge is -2.01. The van der Waals surface area contributed by atoms with Gasteiger partial charge in [0.2, 0.25) is 5.76 Å². The van der Waals surface area contributed by atoms with Crippen LogP contribution in [0, 0.1) is 0 Å². The first-order valence-electron chi connectivity index (χ1n) is 4.43. The normalized spacial score (nSPS) is 9.87. The molecule has 2 aromatic rings. The van der Waals surface area contributed by atoms with Crippen molar-refractivity contribution in [1.82, 2.24) is 15.3 Å². The number of carbonyl (C=O) groups is 1. The number of nitrogens with zero attached hydrogens (tertiary/aromatic N) is 2. The van der Waals surface area contributed by atoms with Crippen LogP contribution in [0.5, 0.6) is 0 Å². The zero-order valence-corrected chi connectivity index (χ0v) is 7.88. The summed E-state index contributed by atoms with van der Waals surface area (Å²) in [5.74, 6) is -0.0934. The molecule has 0 bridgehead atoms. The van der Waals surface area contributed by atoms with E-state index >= 15 is 0 Å². The number of aromatic nitrogens is 2. The van der Waals surface area contributed by atoms with Crippen LogP contribution in [0.25, 0.3) is 0 Å². The minimum atomic E-state index is -0.293. The molecule has 2 rings (SSSR count). The van der Waals surface area contributed by atoms with Gasteiger partial charge in [0, 0.05) is 6.20 Å². The number of amides is 1. The molecule has 0 spiro atoms. The molecule has 0 aromatic carbocycles. The number of rotatable bonds is 3. The van der Waals surface area contributed by atoms with Crippen molar-refractivity contribution in [3.63, 3.8) is 0 Å². The fourth-order valence-electron chi connectivity index (χ4n) is 1.09. The SMILES string of the molecule is O=C(NCc1ccccn1)c1cnco1. The Labute approximate surface area is 86.2 Å². The lowest BCUT2D eigenvalue weighted by Crippen LogP contribution is -2.22. The van der Waals surface area contributed by atoms with E-state index in [0.717, 1.165) is 5.69 Å². The molecule has 76 valence electrons. The molecule has 1 N–H and O–H groups in total. The minimum Gasteiger partial charge on any atom is -0.438 e. The Morgan fingerprint density at radius 2 is 2.40 bits per heavy atom. The summed E-state index contributed by atoms with van der Waals surface area (Å²) in [4.78, 5) is 19.1. The van der Waals surface area contributed by atoms with Gasteiger partial charge in [-0.15, -0.1) is 0 Å². The number of oxazole rings is 1. The molecule has 5 heteroatoms. The molecule has 2 heterocycles. The third kappa shape index (κ3) is 2.40. The Bertz CT molecular complexity index is 425. The Balaban J connectivity index is 1.92. The van der Waals surface area contributed by atoms with E-state index in [1.807, 2.05) is 18.2 Å². The number of hydrogen-bond acceptors (Lipinski definition) is 4. The molecular formula is C10H9N3O2. The van der Waals surface area contributed by atoms with Crippen LogP contribution in [0.1, 0.15) is 16.2 Å². The van der Waals surface area contributed by atoms with E-state index in [4.69, 9.17) is 4.42 Å². The van der Waals surface area contributed by atoms with Crippen molar-refractivity contribution >= 4 is 5.91 Å². The van der Waals surface area contributed by atoms with Crippen molar-refractivity contribution in [3.05, 3.63) is 48.4 Å². The van der Waals surface area contributed by atoms with Gasteiger partial charge in [0.05, 0.1) is 18.4 Å². The minimum absolute atomic E-state index is 0.200. The molecule has 1 amide bonds. The number of carbonyl (C=O) groups excluding carboxylic acids is 1. The summed E-state index contributed by atoms with van der Waals surface area (Å²) < 4.78 is 4.84. The van der Waals surface area contributed by atoms with Crippen LogP contribution in [0.2, 0.25) is 0 Å². The van der Waals surface area contributed by atoms with E-state index in [1.165, 1.54) is 12.6 Å². The van der Waals surface area contributed by atoms with E-state index in [0.29, 0.717) is 6.54 Å². The molecule has 0 fully saturated rings. The second-order valence-electron chi connectivity index (χ2n) is 2.87. The highest BCUT2D eigenvalue weighted by molar-refractivity contribution is 5.90. The molecule has 0 atom stereocenters. The molecule has 0 aliphatic heterocycles. The lowest BCUT2D eigenvalue weighted by atomic mass is 10.3. The van der Waals surface area contributed by atoms with Crippen LogP contribution in [-0.2, 0) is 6.54 Å². The van der Waals surface area contributed by atoms with Crippen LogP contribution < -0.4 is 5.32 Å². The van der Waals surface area contributed by atoms with Crippen molar-refractivity contribution in [2.24, 2.45) is 0 Å². The van der Waals surface area contributed by atoms with Crippen LogP contribution in [0.4, 0.5) is 0 Å². The molecule has 0 saturated heterocycles. The van der Waals surface area contributed by atoms with Gasteiger partial charge in [-0.3, -0.25) is 9.78 Å². The molecule has 15 heavy (non-hydrogen) atoms. The second-order valence-corrected chi connectivity index (χ2v) is 2.87. The summed E-state index contributed by atoms with van der Waals surface area (Å²) >= 11 is 0. The Morgan fingerprint density at radius 3 is 3.07 bits per heavy atom. The summed E-state index contributed by atoms with van der Waals surface area (Å²) in [5, 5.41) is 2.67. The predicted molar refractivity (Wildman–Crippen MR) is 51.9 cm³/mol. The largest absolute Gasteiger partial charge is 0.438 e. The molecule has 0 unspecified atom stereocenters. The zero-order chi connectivity index (χ0) is 10.5. The summed E-state index contributed by atoms with van der Waals surface area (Å²) in [7, 11) is 0. The highest BCUT2D eigenvalue weighted by atomic mass is 16.3. The van der Waals surface area contributed by atoms with E-state index in [-0.39, 0.29) is 11.7 Å². The highest BCUT2D eigenvalue weighted by Crippen LogP contribution is 1.97. The monoisotopic (exact) mass is 203 g/mol. The van der Waals surface area contributed by atoms with Gasteiger partial charge in [0.15, 0.2) is 6.39 Å². The molecule has 0 saturated carbocycles. The number of nitrogens with one attached hydrogen (secondary N) is 1. The molecule has 2 aromatic heterocycles. The Morgan fingerprint density at radius 1 is 1.47 bits per heavy atom. The molecule has 5 nitrogen and oxygen atoms in total. The smallest absolute Gasteiger partial charge is 0.289 e. The fourth-order valence-corrected chi connectivity index (χ4v) is 1.09. The van der Waals surface area contributed by atoms with E-state index in [2.05, 4.69) is 15.3 Å². The first-order valence-corrected chi connectivity index (χ1v) is 4.43. The Kier molecular flexibility index (Phi) is 2.73. The summed E-state index contributed by atoms with van der Waals surface area (Å²) in [6, 6.07) is 5.52. The topological polar surface area (TPSA) is 68.0 Å². The average molecular weight is 203 g/mol. The average Bonchev–Trinajstić information content (AvgIpc) is 2.81. The third-order valence-corrected chi connectivity index (χ3v) is 1.81. The fraction of sp³-hybridized carbons (Fsp3) is 0.100. The van der Waals surface area contributed by atoms with E-state index in [1.54, 1.807) is 6.20 Å². The third-order valence-electron chi connectivity index (χ3n) is 1.81. The molecule has 0 aliphatic rings. The Hall–Kier alpha value is -2.17. The van der Waals surface area contributed by atoms with Gasteiger partial charge in [-0.25, -0.2) is 4.98 Å². The quantitative estimate of drug-likeness (QED) is 0.808. The maximum atomic E-state index is 11.4. The second kappa shape index (κ2) is 4.36. The maximum absolute atomic E-state index is 11.4. The lowest BCUT2D eigenvalue weighted by molar-refractivity contribution is 0.0922. The van der Waals surface area contributed by atoms with Gasteiger partial charge in [0.25, 0.3) is 5.91 Å². The number of pyridine rings is 1. The predicted octanol–water partition coefficient (Wildman–Crippen LogP) is 1.000. The van der Waals surface area contributed by atoms with E-state index in [9.17, 15) is 4.79 Å². The standard InChI is InChI=1S/C10H9N3O2/c14-10(9-6-11-7-15-9)13-5-8-3-1-2-4-12-8/h1-4,6-7H,5H2,(H,13,14). The number of hydrogen-bond donors (Lipinski definition) is 1. The van der Waals surface area contributed by atoms with Gasteiger partial charge in [0.1, 0.15) is 0 Å². The van der Waals surface area contributed by atoms with Crippen molar-refractivity contribution in [2.75, 3.05) is 0 Å². The van der Waals surface area contributed by atoms with Crippen LogP contribution in [0.15, 0.2) is 41.4 Å². The van der Waals surface area contributed by atoms with Crippen molar-refractivity contribution < 1.29 is 9.21 Å². The van der Waals surface area contributed by atoms with Gasteiger partial charge >= 0.3 is 0 Å². The molecular weight excluding hydrogens is 194 g/mol. The van der Waals surface area contributed by atoms with Crippen molar-refractivity contribution in [2.45, 2.75) is 6.54 Å². The first kappa shape index (κ1) is 9.39. The van der Waals surface area contributed by atoms with Gasteiger partial charge < -0.3 is 9.73 Å². The summed E-state index contributed by atoms with van der Waals surface area (Å²) in [6.45, 7) is 0.375. The van der Waals surface area contributed by atoms with Crippen LogP contribution in [0.3, 0.4) is 0 Å². The zero-order valence-electron chi connectivity index (χ0n) is 7.88. The van der Waals surface area contributed by atoms with Crippen molar-refractivity contribution in [3.8, 4) is 0 Å². The molecule has 0 aliphatic carbocycles. The van der Waals surface area contributed by atoms with Gasteiger partial charge in [-0.1, -0.05) is 6.07 Å². The maximum Gasteiger partial charge on any atom is 0.289 e. The van der Waals surface area contributed by atoms with Crippen LogP contribution >= 0.6 is 0 Å². The summed E-state index contributed by atoms with van der Waals surface area (Å²) in [6.07, 6.45) is 4.26. The summed E-state index contributed by atoms with van der Waals surface area (Å²) in [5.41, 5.74) is 0.797. The highest BCUT2D eigenvalue weighted by Gasteiger charge is 2.08. The van der Waals surface area contributed by atoms with E-state index < -0.39 is 0 Å². The van der Waals surface area contributed by atoms with Crippen molar-refractivity contribution in [1.29, 1.82) is 0 Å².